The highest BCUT2D eigenvalue weighted by Crippen LogP contribution is 2.31. The summed E-state index contributed by atoms with van der Waals surface area (Å²) in [7, 11) is 0. The minimum Gasteiger partial charge on any atom is -0.484 e. The summed E-state index contributed by atoms with van der Waals surface area (Å²) in [5.74, 6) is 0.125. The second-order valence-corrected chi connectivity index (χ2v) is 6.66. The number of amides is 1. The van der Waals surface area contributed by atoms with Crippen LogP contribution in [0.1, 0.15) is 11.1 Å². The van der Waals surface area contributed by atoms with E-state index in [0.29, 0.717) is 22.0 Å². The van der Waals surface area contributed by atoms with E-state index in [0.717, 1.165) is 12.1 Å². The van der Waals surface area contributed by atoms with Gasteiger partial charge in [-0.3, -0.25) is 9.79 Å². The van der Waals surface area contributed by atoms with Crippen molar-refractivity contribution in [3.05, 3.63) is 88.9 Å². The van der Waals surface area contributed by atoms with Crippen LogP contribution >= 0.6 is 11.6 Å². The Morgan fingerprint density at radius 3 is 2.47 bits per heavy atom. The molecule has 3 aromatic carbocycles. The third kappa shape index (κ3) is 6.35. The molecule has 30 heavy (non-hydrogen) atoms. The molecule has 0 bridgehead atoms. The second-order valence-electron chi connectivity index (χ2n) is 6.22. The van der Waals surface area contributed by atoms with Crippen molar-refractivity contribution in [1.29, 1.82) is 0 Å². The number of hydrogen-bond donors (Lipinski definition) is 1. The van der Waals surface area contributed by atoms with Crippen LogP contribution in [-0.4, -0.2) is 18.7 Å². The largest absolute Gasteiger partial charge is 0.484 e. The Labute approximate surface area is 176 Å². The Morgan fingerprint density at radius 2 is 1.77 bits per heavy atom. The van der Waals surface area contributed by atoms with Crippen LogP contribution in [0.25, 0.3) is 0 Å². The molecule has 0 atom stereocenters. The number of carbonyl (C=O) groups is 1. The average Bonchev–Trinajstić information content (AvgIpc) is 2.71. The predicted octanol–water partition coefficient (Wildman–Crippen LogP) is 6.13. The van der Waals surface area contributed by atoms with Crippen LogP contribution in [-0.2, 0) is 11.0 Å². The molecule has 3 rings (SSSR count). The fourth-order valence-electron chi connectivity index (χ4n) is 2.47. The molecular formula is C22H16ClF3N2O2. The molecule has 0 fully saturated rings. The van der Waals surface area contributed by atoms with Gasteiger partial charge in [-0.2, -0.15) is 13.2 Å². The second kappa shape index (κ2) is 9.45. The summed E-state index contributed by atoms with van der Waals surface area (Å²) in [5, 5.41) is 3.18. The lowest BCUT2D eigenvalue weighted by molar-refractivity contribution is -0.137. The molecule has 1 N–H and O–H groups in total. The number of rotatable bonds is 6. The molecular weight excluding hydrogens is 417 g/mol. The fourth-order valence-corrected chi connectivity index (χ4v) is 2.66. The first kappa shape index (κ1) is 21.4. The van der Waals surface area contributed by atoms with E-state index in [2.05, 4.69) is 10.3 Å². The van der Waals surface area contributed by atoms with E-state index < -0.39 is 11.7 Å². The number of anilines is 1. The lowest BCUT2D eigenvalue weighted by atomic mass is 10.2. The standard InChI is InChI=1S/C22H16ClF3N2O2/c23-17-4-2-6-19(12-17)28-21(29)14-30-20-9-7-15(8-10-20)13-27-18-5-1-3-16(11-18)22(24,25)26/h1-13H,14H2,(H,28,29). The molecule has 1 amide bonds. The summed E-state index contributed by atoms with van der Waals surface area (Å²) in [6, 6.07) is 18.2. The van der Waals surface area contributed by atoms with Gasteiger partial charge in [0.25, 0.3) is 5.91 Å². The normalized spacial score (nSPS) is 11.5. The topological polar surface area (TPSA) is 50.7 Å². The van der Waals surface area contributed by atoms with Gasteiger partial charge in [0, 0.05) is 16.9 Å². The first-order chi connectivity index (χ1) is 14.3. The van der Waals surface area contributed by atoms with Gasteiger partial charge < -0.3 is 10.1 Å². The number of benzene rings is 3. The third-order valence-electron chi connectivity index (χ3n) is 3.89. The molecule has 154 valence electrons. The minimum atomic E-state index is -4.41. The molecule has 0 aliphatic carbocycles. The van der Waals surface area contributed by atoms with Crippen molar-refractivity contribution in [2.45, 2.75) is 6.18 Å². The van der Waals surface area contributed by atoms with E-state index in [1.165, 1.54) is 18.3 Å². The lowest BCUT2D eigenvalue weighted by Gasteiger charge is -2.08. The van der Waals surface area contributed by atoms with Gasteiger partial charge in [-0.05, 0) is 66.2 Å². The van der Waals surface area contributed by atoms with Crippen LogP contribution in [0.4, 0.5) is 24.5 Å². The Hall–Kier alpha value is -3.32. The highest BCUT2D eigenvalue weighted by molar-refractivity contribution is 6.30. The molecule has 0 radical (unpaired) electrons. The molecule has 3 aromatic rings. The van der Waals surface area contributed by atoms with E-state index in [-0.39, 0.29) is 18.2 Å². The number of aliphatic imine (C=N–C) groups is 1. The molecule has 0 spiro atoms. The molecule has 0 heterocycles. The fraction of sp³-hybridized carbons (Fsp3) is 0.0909. The quantitative estimate of drug-likeness (QED) is 0.476. The maximum atomic E-state index is 12.7. The molecule has 0 unspecified atom stereocenters. The number of halogens is 4. The van der Waals surface area contributed by atoms with Crippen molar-refractivity contribution in [2.24, 2.45) is 4.99 Å². The highest BCUT2D eigenvalue weighted by atomic mass is 35.5. The Kier molecular flexibility index (Phi) is 6.74. The van der Waals surface area contributed by atoms with Crippen LogP contribution in [0.2, 0.25) is 5.02 Å². The first-order valence-electron chi connectivity index (χ1n) is 8.79. The highest BCUT2D eigenvalue weighted by Gasteiger charge is 2.30. The summed E-state index contributed by atoms with van der Waals surface area (Å²) in [6.45, 7) is -0.190. The van der Waals surface area contributed by atoms with Crippen LogP contribution in [0.3, 0.4) is 0 Å². The summed E-state index contributed by atoms with van der Waals surface area (Å²) in [4.78, 5) is 16.0. The minimum absolute atomic E-state index is 0.190. The Morgan fingerprint density at radius 1 is 1.03 bits per heavy atom. The molecule has 0 aliphatic rings. The summed E-state index contributed by atoms with van der Waals surface area (Å²) in [6.07, 6.45) is -2.96. The van der Waals surface area contributed by atoms with E-state index in [9.17, 15) is 18.0 Å². The molecule has 0 aliphatic heterocycles. The number of carbonyl (C=O) groups excluding carboxylic acids is 1. The number of alkyl halides is 3. The van der Waals surface area contributed by atoms with E-state index >= 15 is 0 Å². The predicted molar refractivity (Wildman–Crippen MR) is 111 cm³/mol. The van der Waals surface area contributed by atoms with Crippen molar-refractivity contribution in [2.75, 3.05) is 11.9 Å². The maximum absolute atomic E-state index is 12.7. The van der Waals surface area contributed by atoms with Crippen molar-refractivity contribution in [3.63, 3.8) is 0 Å². The Balaban J connectivity index is 1.55. The molecule has 0 saturated carbocycles. The van der Waals surface area contributed by atoms with E-state index in [1.54, 1.807) is 48.5 Å². The van der Waals surface area contributed by atoms with Crippen molar-refractivity contribution in [1.82, 2.24) is 0 Å². The van der Waals surface area contributed by atoms with Gasteiger partial charge in [-0.15, -0.1) is 0 Å². The van der Waals surface area contributed by atoms with Gasteiger partial charge in [0.1, 0.15) is 5.75 Å². The van der Waals surface area contributed by atoms with Crippen molar-refractivity contribution in [3.8, 4) is 5.75 Å². The summed E-state index contributed by atoms with van der Waals surface area (Å²) >= 11 is 5.87. The zero-order chi connectivity index (χ0) is 21.6. The Bertz CT molecular complexity index is 1050. The van der Waals surface area contributed by atoms with Crippen molar-refractivity contribution >= 4 is 35.1 Å². The van der Waals surface area contributed by atoms with Crippen molar-refractivity contribution < 1.29 is 22.7 Å². The smallest absolute Gasteiger partial charge is 0.416 e. The number of nitrogens with one attached hydrogen (secondary N) is 1. The third-order valence-corrected chi connectivity index (χ3v) is 4.13. The van der Waals surface area contributed by atoms with E-state index in [4.69, 9.17) is 16.3 Å². The zero-order valence-corrected chi connectivity index (χ0v) is 16.2. The van der Waals surface area contributed by atoms with Gasteiger partial charge in [0.15, 0.2) is 6.61 Å². The van der Waals surface area contributed by atoms with Crippen LogP contribution in [0.15, 0.2) is 77.8 Å². The number of ether oxygens (including phenoxy) is 1. The van der Waals surface area contributed by atoms with Crippen LogP contribution < -0.4 is 10.1 Å². The first-order valence-corrected chi connectivity index (χ1v) is 9.17. The zero-order valence-electron chi connectivity index (χ0n) is 15.5. The van der Waals surface area contributed by atoms with Gasteiger partial charge in [-0.25, -0.2) is 0 Å². The lowest BCUT2D eigenvalue weighted by Crippen LogP contribution is -2.20. The number of hydrogen-bond acceptors (Lipinski definition) is 3. The van der Waals surface area contributed by atoms with Gasteiger partial charge in [0.2, 0.25) is 0 Å². The van der Waals surface area contributed by atoms with Crippen LogP contribution in [0, 0.1) is 0 Å². The SMILES string of the molecule is O=C(COc1ccc(C=Nc2cccc(C(F)(F)F)c2)cc1)Nc1cccc(Cl)c1. The van der Waals surface area contributed by atoms with Gasteiger partial charge >= 0.3 is 6.18 Å². The molecule has 8 heteroatoms. The van der Waals surface area contributed by atoms with E-state index in [1.807, 2.05) is 0 Å². The molecule has 4 nitrogen and oxygen atoms in total. The van der Waals surface area contributed by atoms with Gasteiger partial charge in [-0.1, -0.05) is 23.7 Å². The maximum Gasteiger partial charge on any atom is 0.416 e. The summed E-state index contributed by atoms with van der Waals surface area (Å²) < 4.78 is 43.7. The monoisotopic (exact) mass is 432 g/mol. The molecule has 0 aromatic heterocycles. The average molecular weight is 433 g/mol. The molecule has 0 saturated heterocycles. The van der Waals surface area contributed by atoms with Gasteiger partial charge in [0.05, 0.1) is 11.3 Å². The number of nitrogens with zero attached hydrogens (tertiary/aromatic N) is 1. The summed E-state index contributed by atoms with van der Waals surface area (Å²) in [5.41, 5.74) is 0.681. The van der Waals surface area contributed by atoms with Crippen LogP contribution in [0.5, 0.6) is 5.75 Å².